The number of benzene rings is 3. The Kier molecular flexibility index (Phi) is 8.54. The van der Waals surface area contributed by atoms with Crippen LogP contribution in [0.1, 0.15) is 16.7 Å². The number of amides is 2. The van der Waals surface area contributed by atoms with E-state index in [4.69, 9.17) is 16.3 Å². The molecule has 0 bridgehead atoms. The van der Waals surface area contributed by atoms with Crippen molar-refractivity contribution in [1.82, 2.24) is 5.32 Å². The molecule has 4 rings (SSSR count). The number of carbonyl (C=O) groups is 2. The van der Waals surface area contributed by atoms with Crippen LogP contribution in [0.5, 0.6) is 5.75 Å². The number of rotatable bonds is 8. The number of hydrogen-bond acceptors (Lipinski definition) is 5. The second-order valence-electron chi connectivity index (χ2n) is 8.55. The van der Waals surface area contributed by atoms with E-state index in [1.807, 2.05) is 73.7 Å². The zero-order valence-electron chi connectivity index (χ0n) is 20.5. The molecule has 3 aromatic carbocycles. The summed E-state index contributed by atoms with van der Waals surface area (Å²) in [6.07, 6.45) is 1.02. The van der Waals surface area contributed by atoms with Crippen molar-refractivity contribution >= 4 is 40.9 Å². The van der Waals surface area contributed by atoms with E-state index in [1.165, 1.54) is 16.7 Å². The van der Waals surface area contributed by atoms with Crippen LogP contribution in [0.4, 0.5) is 5.69 Å². The van der Waals surface area contributed by atoms with Crippen molar-refractivity contribution in [2.45, 2.75) is 25.0 Å². The molecule has 1 aliphatic rings. The first-order valence-corrected chi connectivity index (χ1v) is 13.0. The standard InChI is InChI=1S/C29H26ClN3O3S/c1-19-8-9-21(16-25(19)30)17-26-28(35)33(22-6-4-3-5-7-22)29(37-26)24(18-31)27(34)32-15-14-20-10-12-23(36-2)13-11-20/h3-13,16,26H,14-15,17H2,1-2H3,(H,32,34)/b29-24+/t26-/m0/s1. The highest BCUT2D eigenvalue weighted by atomic mass is 35.5. The van der Waals surface area contributed by atoms with E-state index in [0.29, 0.717) is 35.1 Å². The topological polar surface area (TPSA) is 82.4 Å². The zero-order chi connectivity index (χ0) is 26.4. The lowest BCUT2D eigenvalue weighted by atomic mass is 10.1. The van der Waals surface area contributed by atoms with Gasteiger partial charge in [-0.3, -0.25) is 14.5 Å². The molecule has 8 heteroatoms. The monoisotopic (exact) mass is 531 g/mol. The van der Waals surface area contributed by atoms with Crippen LogP contribution < -0.4 is 15.0 Å². The Bertz CT molecular complexity index is 1370. The van der Waals surface area contributed by atoms with Gasteiger partial charge in [0.1, 0.15) is 22.4 Å². The first-order valence-electron chi connectivity index (χ1n) is 11.8. The summed E-state index contributed by atoms with van der Waals surface area (Å²) in [5.41, 5.74) is 3.43. The number of nitrogens with zero attached hydrogens (tertiary/aromatic N) is 2. The predicted octanol–water partition coefficient (Wildman–Crippen LogP) is 5.44. The third-order valence-corrected chi connectivity index (χ3v) is 7.71. The lowest BCUT2D eigenvalue weighted by Gasteiger charge is -2.18. The van der Waals surface area contributed by atoms with Gasteiger partial charge < -0.3 is 10.1 Å². The Morgan fingerprint density at radius 1 is 1.11 bits per heavy atom. The van der Waals surface area contributed by atoms with Crippen molar-refractivity contribution in [3.63, 3.8) is 0 Å². The van der Waals surface area contributed by atoms with Crippen molar-refractivity contribution in [3.05, 3.63) is 105 Å². The summed E-state index contributed by atoms with van der Waals surface area (Å²) in [4.78, 5) is 28.1. The van der Waals surface area contributed by atoms with Crippen LogP contribution in [0.2, 0.25) is 5.02 Å². The maximum Gasteiger partial charge on any atom is 0.264 e. The van der Waals surface area contributed by atoms with E-state index >= 15 is 0 Å². The summed E-state index contributed by atoms with van der Waals surface area (Å²) < 4.78 is 5.17. The van der Waals surface area contributed by atoms with E-state index in [1.54, 1.807) is 19.2 Å². The number of nitriles is 1. The smallest absolute Gasteiger partial charge is 0.264 e. The van der Waals surface area contributed by atoms with Gasteiger partial charge in [-0.25, -0.2) is 0 Å². The van der Waals surface area contributed by atoms with Gasteiger partial charge in [0.05, 0.1) is 12.4 Å². The molecule has 6 nitrogen and oxygen atoms in total. The van der Waals surface area contributed by atoms with E-state index in [9.17, 15) is 14.9 Å². The van der Waals surface area contributed by atoms with Crippen LogP contribution in [0.25, 0.3) is 0 Å². The molecule has 2 amide bonds. The van der Waals surface area contributed by atoms with Crippen LogP contribution in [0.3, 0.4) is 0 Å². The largest absolute Gasteiger partial charge is 0.497 e. The van der Waals surface area contributed by atoms with Crippen LogP contribution in [-0.2, 0) is 22.4 Å². The van der Waals surface area contributed by atoms with Gasteiger partial charge in [-0.05, 0) is 66.8 Å². The molecule has 0 aromatic heterocycles. The Balaban J connectivity index is 1.57. The molecule has 0 unspecified atom stereocenters. The molecule has 1 fully saturated rings. The normalized spacial score (nSPS) is 16.3. The molecule has 1 heterocycles. The van der Waals surface area contributed by atoms with Crippen molar-refractivity contribution in [2.24, 2.45) is 0 Å². The van der Waals surface area contributed by atoms with Gasteiger partial charge >= 0.3 is 0 Å². The second-order valence-corrected chi connectivity index (χ2v) is 10.1. The number of ether oxygens (including phenoxy) is 1. The van der Waals surface area contributed by atoms with Crippen molar-refractivity contribution in [2.75, 3.05) is 18.6 Å². The zero-order valence-corrected chi connectivity index (χ0v) is 22.1. The molecule has 0 aliphatic carbocycles. The minimum Gasteiger partial charge on any atom is -0.497 e. The summed E-state index contributed by atoms with van der Waals surface area (Å²) in [6, 6.07) is 24.4. The van der Waals surface area contributed by atoms with E-state index in [0.717, 1.165) is 22.4 Å². The summed E-state index contributed by atoms with van der Waals surface area (Å²) in [5, 5.41) is 13.3. The molecule has 3 aromatic rings. The Morgan fingerprint density at radius 2 is 1.81 bits per heavy atom. The molecule has 1 N–H and O–H groups in total. The van der Waals surface area contributed by atoms with Gasteiger partial charge in [-0.1, -0.05) is 65.8 Å². The fourth-order valence-electron chi connectivity index (χ4n) is 3.98. The molecule has 0 spiro atoms. The van der Waals surface area contributed by atoms with Gasteiger partial charge in [0.25, 0.3) is 5.91 Å². The average molecular weight is 532 g/mol. The lowest BCUT2D eigenvalue weighted by molar-refractivity contribution is -0.117. The van der Waals surface area contributed by atoms with Crippen LogP contribution in [-0.4, -0.2) is 30.7 Å². The highest BCUT2D eigenvalue weighted by Gasteiger charge is 2.40. The van der Waals surface area contributed by atoms with E-state index in [2.05, 4.69) is 5.32 Å². The fourth-order valence-corrected chi connectivity index (χ4v) is 5.49. The van der Waals surface area contributed by atoms with E-state index < -0.39 is 11.2 Å². The number of carbonyl (C=O) groups excluding carboxylic acids is 2. The minimum absolute atomic E-state index is 0.0821. The van der Waals surface area contributed by atoms with Gasteiger partial charge in [0.15, 0.2) is 0 Å². The molecule has 1 aliphatic heterocycles. The second kappa shape index (κ2) is 12.0. The minimum atomic E-state index is -0.508. The third-order valence-electron chi connectivity index (χ3n) is 6.04. The first-order chi connectivity index (χ1) is 17.9. The molecule has 1 saturated heterocycles. The van der Waals surface area contributed by atoms with Gasteiger partial charge in [-0.15, -0.1) is 0 Å². The highest BCUT2D eigenvalue weighted by Crippen LogP contribution is 2.42. The summed E-state index contributed by atoms with van der Waals surface area (Å²) >= 11 is 7.53. The summed E-state index contributed by atoms with van der Waals surface area (Å²) in [5.74, 6) is 0.0728. The number of aryl methyl sites for hydroxylation is 1. The summed E-state index contributed by atoms with van der Waals surface area (Å²) in [6.45, 7) is 2.27. The van der Waals surface area contributed by atoms with Crippen molar-refractivity contribution < 1.29 is 14.3 Å². The maximum atomic E-state index is 13.6. The van der Waals surface area contributed by atoms with Crippen molar-refractivity contribution in [1.29, 1.82) is 5.26 Å². The number of methoxy groups -OCH3 is 1. The van der Waals surface area contributed by atoms with Gasteiger partial charge in [0, 0.05) is 17.3 Å². The maximum absolute atomic E-state index is 13.6. The molecule has 188 valence electrons. The van der Waals surface area contributed by atoms with Crippen molar-refractivity contribution in [3.8, 4) is 11.8 Å². The van der Waals surface area contributed by atoms with Crippen LogP contribution >= 0.6 is 23.4 Å². The number of nitrogens with one attached hydrogen (secondary N) is 1. The number of thioether (sulfide) groups is 1. The number of halogens is 1. The predicted molar refractivity (Wildman–Crippen MR) is 148 cm³/mol. The molecular formula is C29H26ClN3O3S. The third kappa shape index (κ3) is 6.16. The quantitative estimate of drug-likeness (QED) is 0.309. The highest BCUT2D eigenvalue weighted by molar-refractivity contribution is 8.05. The molecule has 0 saturated carbocycles. The molecule has 0 radical (unpaired) electrons. The number of para-hydroxylation sites is 1. The Morgan fingerprint density at radius 3 is 2.46 bits per heavy atom. The SMILES string of the molecule is COc1ccc(CCNC(=O)/C(C#N)=C2/S[C@@H](Cc3ccc(C)c(Cl)c3)C(=O)N2c2ccccc2)cc1. The van der Waals surface area contributed by atoms with E-state index in [-0.39, 0.29) is 11.5 Å². The number of hydrogen-bond donors (Lipinski definition) is 1. The average Bonchev–Trinajstić information content (AvgIpc) is 3.22. The molecular weight excluding hydrogens is 506 g/mol. The number of anilines is 1. The first kappa shape index (κ1) is 26.3. The van der Waals surface area contributed by atoms with Gasteiger partial charge in [0.2, 0.25) is 5.91 Å². The molecule has 1 atom stereocenters. The lowest BCUT2D eigenvalue weighted by Crippen LogP contribution is -2.32. The van der Waals surface area contributed by atoms with Crippen LogP contribution in [0.15, 0.2) is 83.4 Å². The van der Waals surface area contributed by atoms with Crippen LogP contribution in [0, 0.1) is 18.3 Å². The Hall–Kier alpha value is -3.73. The Labute approximate surface area is 225 Å². The van der Waals surface area contributed by atoms with Gasteiger partial charge in [-0.2, -0.15) is 5.26 Å². The fraction of sp³-hybridized carbons (Fsp3) is 0.207. The molecule has 37 heavy (non-hydrogen) atoms. The summed E-state index contributed by atoms with van der Waals surface area (Å²) in [7, 11) is 1.61.